The minimum absolute atomic E-state index is 0.0962. The molecule has 0 aliphatic heterocycles. The lowest BCUT2D eigenvalue weighted by atomic mass is 9.91. The monoisotopic (exact) mass is 262 g/mol. The van der Waals surface area contributed by atoms with Crippen molar-refractivity contribution >= 4 is 17.2 Å². The Morgan fingerprint density at radius 3 is 2.78 bits per heavy atom. The number of aromatic nitrogens is 1. The van der Waals surface area contributed by atoms with Crippen LogP contribution in [0.15, 0.2) is 35.7 Å². The Labute approximate surface area is 112 Å². The van der Waals surface area contributed by atoms with Crippen LogP contribution in [0.2, 0.25) is 0 Å². The van der Waals surface area contributed by atoms with E-state index in [1.165, 1.54) is 4.88 Å². The van der Waals surface area contributed by atoms with Gasteiger partial charge in [-0.2, -0.15) is 4.98 Å². The first kappa shape index (κ1) is 12.9. The van der Waals surface area contributed by atoms with E-state index in [-0.39, 0.29) is 5.41 Å². The Morgan fingerprint density at radius 2 is 2.11 bits per heavy atom. The fourth-order valence-corrected chi connectivity index (χ4v) is 2.54. The van der Waals surface area contributed by atoms with Crippen molar-refractivity contribution in [3.63, 3.8) is 0 Å². The summed E-state index contributed by atoms with van der Waals surface area (Å²) in [6.07, 6.45) is 0. The number of hydrogen-bond acceptors (Lipinski definition) is 4. The van der Waals surface area contributed by atoms with Crippen molar-refractivity contribution in [2.45, 2.75) is 19.3 Å². The second-order valence-electron chi connectivity index (χ2n) is 4.78. The first-order valence-corrected chi connectivity index (χ1v) is 6.79. The number of methoxy groups -OCH3 is 1. The molecular weight excluding hydrogens is 244 g/mol. The SMILES string of the molecule is COc1cccc(NCC(C)(C)c2cccs2)n1. The van der Waals surface area contributed by atoms with E-state index in [0.717, 1.165) is 12.4 Å². The molecule has 0 saturated heterocycles. The molecule has 96 valence electrons. The highest BCUT2D eigenvalue weighted by atomic mass is 32.1. The number of ether oxygens (including phenoxy) is 1. The molecule has 2 aromatic heterocycles. The van der Waals surface area contributed by atoms with Gasteiger partial charge in [-0.25, -0.2) is 0 Å². The zero-order valence-corrected chi connectivity index (χ0v) is 11.8. The summed E-state index contributed by atoms with van der Waals surface area (Å²) in [6, 6.07) is 9.99. The van der Waals surface area contributed by atoms with Crippen LogP contribution in [0.3, 0.4) is 0 Å². The van der Waals surface area contributed by atoms with Gasteiger partial charge in [0.25, 0.3) is 0 Å². The Hall–Kier alpha value is -1.55. The molecule has 3 nitrogen and oxygen atoms in total. The summed E-state index contributed by atoms with van der Waals surface area (Å²) >= 11 is 1.79. The Balaban J connectivity index is 2.02. The third kappa shape index (κ3) is 3.01. The quantitative estimate of drug-likeness (QED) is 0.895. The summed E-state index contributed by atoms with van der Waals surface area (Å²) in [5, 5.41) is 5.48. The van der Waals surface area contributed by atoms with Gasteiger partial charge in [0.05, 0.1) is 7.11 Å². The van der Waals surface area contributed by atoms with Crippen LogP contribution in [0.4, 0.5) is 5.82 Å². The van der Waals surface area contributed by atoms with E-state index < -0.39 is 0 Å². The molecule has 2 heterocycles. The van der Waals surface area contributed by atoms with Crippen molar-refractivity contribution in [3.05, 3.63) is 40.6 Å². The Bertz CT molecular complexity index is 494. The van der Waals surface area contributed by atoms with Gasteiger partial charge >= 0.3 is 0 Å². The lowest BCUT2D eigenvalue weighted by Crippen LogP contribution is -2.26. The molecule has 0 unspecified atom stereocenters. The number of hydrogen-bond donors (Lipinski definition) is 1. The zero-order chi connectivity index (χ0) is 13.0. The van der Waals surface area contributed by atoms with Crippen molar-refractivity contribution in [1.82, 2.24) is 4.98 Å². The Morgan fingerprint density at radius 1 is 1.28 bits per heavy atom. The molecule has 0 saturated carbocycles. The second-order valence-corrected chi connectivity index (χ2v) is 5.73. The van der Waals surface area contributed by atoms with Crippen molar-refractivity contribution in [2.75, 3.05) is 19.0 Å². The molecule has 0 spiro atoms. The second kappa shape index (κ2) is 5.40. The maximum atomic E-state index is 5.11. The minimum atomic E-state index is 0.0962. The smallest absolute Gasteiger partial charge is 0.214 e. The van der Waals surface area contributed by atoms with Gasteiger partial charge in [0.15, 0.2) is 0 Å². The van der Waals surface area contributed by atoms with Gasteiger partial charge in [-0.05, 0) is 17.5 Å². The predicted octanol–water partition coefficient (Wildman–Crippen LogP) is 3.54. The molecule has 0 bridgehead atoms. The van der Waals surface area contributed by atoms with Crippen LogP contribution in [-0.2, 0) is 5.41 Å². The molecule has 18 heavy (non-hydrogen) atoms. The lowest BCUT2D eigenvalue weighted by Gasteiger charge is -2.24. The zero-order valence-electron chi connectivity index (χ0n) is 10.9. The Kier molecular flexibility index (Phi) is 3.87. The van der Waals surface area contributed by atoms with Crippen LogP contribution in [0.5, 0.6) is 5.88 Å². The first-order valence-electron chi connectivity index (χ1n) is 5.91. The van der Waals surface area contributed by atoms with E-state index in [4.69, 9.17) is 4.74 Å². The number of anilines is 1. The van der Waals surface area contributed by atoms with Crippen LogP contribution in [0.25, 0.3) is 0 Å². The summed E-state index contributed by atoms with van der Waals surface area (Å²) in [5.41, 5.74) is 0.0962. The largest absolute Gasteiger partial charge is 0.481 e. The molecule has 2 rings (SSSR count). The molecule has 0 atom stereocenters. The topological polar surface area (TPSA) is 34.1 Å². The summed E-state index contributed by atoms with van der Waals surface area (Å²) in [4.78, 5) is 5.72. The molecule has 0 aliphatic rings. The summed E-state index contributed by atoms with van der Waals surface area (Å²) < 4.78 is 5.11. The van der Waals surface area contributed by atoms with E-state index in [1.807, 2.05) is 18.2 Å². The molecule has 0 aromatic carbocycles. The van der Waals surface area contributed by atoms with E-state index in [2.05, 4.69) is 41.7 Å². The molecule has 4 heteroatoms. The third-order valence-corrected chi connectivity index (χ3v) is 4.07. The summed E-state index contributed by atoms with van der Waals surface area (Å²) in [7, 11) is 1.63. The molecule has 0 amide bonds. The third-order valence-electron chi connectivity index (χ3n) is 2.83. The number of rotatable bonds is 5. The van der Waals surface area contributed by atoms with Gasteiger partial charge in [0.1, 0.15) is 5.82 Å². The van der Waals surface area contributed by atoms with Gasteiger partial charge in [-0.15, -0.1) is 11.3 Å². The molecule has 0 radical (unpaired) electrons. The number of nitrogens with one attached hydrogen (secondary N) is 1. The van der Waals surface area contributed by atoms with Crippen molar-refractivity contribution in [1.29, 1.82) is 0 Å². The summed E-state index contributed by atoms with van der Waals surface area (Å²) in [5.74, 6) is 1.48. The van der Waals surface area contributed by atoms with E-state index >= 15 is 0 Å². The number of nitrogens with zero attached hydrogens (tertiary/aromatic N) is 1. The van der Waals surface area contributed by atoms with Crippen molar-refractivity contribution in [2.24, 2.45) is 0 Å². The molecule has 2 aromatic rings. The fourth-order valence-electron chi connectivity index (χ4n) is 1.69. The predicted molar refractivity (Wildman–Crippen MR) is 76.6 cm³/mol. The minimum Gasteiger partial charge on any atom is -0.481 e. The van der Waals surface area contributed by atoms with Crippen molar-refractivity contribution in [3.8, 4) is 5.88 Å². The van der Waals surface area contributed by atoms with E-state index in [9.17, 15) is 0 Å². The molecule has 1 N–H and O–H groups in total. The van der Waals surface area contributed by atoms with Crippen LogP contribution in [0.1, 0.15) is 18.7 Å². The van der Waals surface area contributed by atoms with Crippen LogP contribution >= 0.6 is 11.3 Å². The van der Waals surface area contributed by atoms with Crippen LogP contribution in [-0.4, -0.2) is 18.6 Å². The maximum absolute atomic E-state index is 5.11. The highest BCUT2D eigenvalue weighted by Crippen LogP contribution is 2.27. The van der Waals surface area contributed by atoms with Crippen LogP contribution in [0, 0.1) is 0 Å². The highest BCUT2D eigenvalue weighted by Gasteiger charge is 2.21. The number of pyridine rings is 1. The highest BCUT2D eigenvalue weighted by molar-refractivity contribution is 7.10. The molecule has 0 aliphatic carbocycles. The van der Waals surface area contributed by atoms with Crippen molar-refractivity contribution < 1.29 is 4.74 Å². The van der Waals surface area contributed by atoms with Gasteiger partial charge in [0.2, 0.25) is 5.88 Å². The average molecular weight is 262 g/mol. The average Bonchev–Trinajstić information content (AvgIpc) is 2.91. The van der Waals surface area contributed by atoms with E-state index in [0.29, 0.717) is 5.88 Å². The van der Waals surface area contributed by atoms with Gasteiger partial charge < -0.3 is 10.1 Å². The molecule has 0 fully saturated rings. The summed E-state index contributed by atoms with van der Waals surface area (Å²) in [6.45, 7) is 5.30. The normalized spacial score (nSPS) is 11.3. The fraction of sp³-hybridized carbons (Fsp3) is 0.357. The lowest BCUT2D eigenvalue weighted by molar-refractivity contribution is 0.398. The molecular formula is C14H18N2OS. The van der Waals surface area contributed by atoms with Gasteiger partial charge in [-0.3, -0.25) is 0 Å². The first-order chi connectivity index (χ1) is 8.62. The number of thiophene rings is 1. The maximum Gasteiger partial charge on any atom is 0.214 e. The van der Waals surface area contributed by atoms with Crippen LogP contribution < -0.4 is 10.1 Å². The van der Waals surface area contributed by atoms with Gasteiger partial charge in [0, 0.05) is 22.9 Å². The van der Waals surface area contributed by atoms with E-state index in [1.54, 1.807) is 18.4 Å². The van der Waals surface area contributed by atoms with Gasteiger partial charge in [-0.1, -0.05) is 26.0 Å². The standard InChI is InChI=1S/C14H18N2OS/c1-14(2,11-6-5-9-18-11)10-15-12-7-4-8-13(16-12)17-3/h4-9H,10H2,1-3H3,(H,15,16).